The Kier molecular flexibility index (Phi) is 5.09. The molecule has 0 spiro atoms. The molecule has 2 aromatic heterocycles. The van der Waals surface area contributed by atoms with Crippen LogP contribution >= 0.6 is 0 Å². The second-order valence-corrected chi connectivity index (χ2v) is 5.43. The van der Waals surface area contributed by atoms with E-state index >= 15 is 0 Å². The third-order valence-corrected chi connectivity index (χ3v) is 3.81. The van der Waals surface area contributed by atoms with Crippen molar-refractivity contribution in [3.05, 3.63) is 71.5 Å². The van der Waals surface area contributed by atoms with Gasteiger partial charge in [0.25, 0.3) is 0 Å². The molecule has 3 aromatic rings. The Morgan fingerprint density at radius 2 is 1.84 bits per heavy atom. The van der Waals surface area contributed by atoms with Crippen LogP contribution in [0, 0.1) is 0 Å². The Balaban J connectivity index is 1.77. The van der Waals surface area contributed by atoms with Crippen LogP contribution < -0.4 is 4.74 Å². The third kappa shape index (κ3) is 3.85. The predicted molar refractivity (Wildman–Crippen MR) is 92.9 cm³/mol. The fraction of sp³-hybridized carbons (Fsp3) is 0.211. The molecule has 0 N–H and O–H groups in total. The quantitative estimate of drug-likeness (QED) is 0.646. The molecule has 0 aliphatic heterocycles. The van der Waals surface area contributed by atoms with Gasteiger partial charge in [-0.05, 0) is 29.7 Å². The number of aromatic nitrogens is 3. The Morgan fingerprint density at radius 1 is 1.08 bits per heavy atom. The minimum atomic E-state index is -0.422. The first-order valence-electron chi connectivity index (χ1n) is 8.00. The molecule has 2 heterocycles. The number of benzene rings is 1. The van der Waals surface area contributed by atoms with E-state index in [9.17, 15) is 4.79 Å². The lowest BCUT2D eigenvalue weighted by Gasteiger charge is -2.10. The van der Waals surface area contributed by atoms with Gasteiger partial charge in [-0.1, -0.05) is 31.2 Å². The molecule has 1 aromatic carbocycles. The molecule has 6 nitrogen and oxygen atoms in total. The molecule has 3 rings (SSSR count). The fourth-order valence-electron chi connectivity index (χ4n) is 2.38. The van der Waals surface area contributed by atoms with Crippen molar-refractivity contribution in [3.63, 3.8) is 0 Å². The number of ether oxygens (including phenoxy) is 2. The minimum absolute atomic E-state index is 0.407. The molecule has 0 fully saturated rings. The molecular weight excluding hydrogens is 318 g/mol. The molecule has 0 saturated carbocycles. The highest BCUT2D eigenvalue weighted by Gasteiger charge is 2.11. The summed E-state index contributed by atoms with van der Waals surface area (Å²) >= 11 is 0. The number of hydrogen-bond donors (Lipinski definition) is 0. The summed E-state index contributed by atoms with van der Waals surface area (Å²) in [6.07, 6.45) is 4.18. The van der Waals surface area contributed by atoms with Gasteiger partial charge in [0.1, 0.15) is 6.61 Å². The standard InChI is InChI=1S/C19H19N3O3/c1-3-14-4-6-15(7-5-14)13-25-18-9-11-21-22(18)17-12-16(8-10-20-17)19(23)24-2/h4-12H,3,13H2,1-2H3. The maximum Gasteiger partial charge on any atom is 0.338 e. The van der Waals surface area contributed by atoms with Gasteiger partial charge in [0.15, 0.2) is 5.82 Å². The second kappa shape index (κ2) is 7.61. The van der Waals surface area contributed by atoms with Crippen LogP contribution in [-0.2, 0) is 17.8 Å². The van der Waals surface area contributed by atoms with Crippen LogP contribution in [0.15, 0.2) is 54.9 Å². The first kappa shape index (κ1) is 16.7. The topological polar surface area (TPSA) is 66.2 Å². The van der Waals surface area contributed by atoms with Crippen molar-refractivity contribution in [1.29, 1.82) is 0 Å². The summed E-state index contributed by atoms with van der Waals surface area (Å²) in [5.74, 6) is 0.618. The van der Waals surface area contributed by atoms with Crippen molar-refractivity contribution < 1.29 is 14.3 Å². The fourth-order valence-corrected chi connectivity index (χ4v) is 2.38. The van der Waals surface area contributed by atoms with E-state index in [1.54, 1.807) is 29.1 Å². The van der Waals surface area contributed by atoms with Crippen molar-refractivity contribution >= 4 is 5.97 Å². The van der Waals surface area contributed by atoms with E-state index in [0.29, 0.717) is 23.9 Å². The maximum atomic E-state index is 11.7. The van der Waals surface area contributed by atoms with Crippen molar-refractivity contribution in [2.45, 2.75) is 20.0 Å². The lowest BCUT2D eigenvalue weighted by atomic mass is 10.1. The molecule has 0 saturated heterocycles. The van der Waals surface area contributed by atoms with Crippen LogP contribution in [0.25, 0.3) is 5.82 Å². The summed E-state index contributed by atoms with van der Waals surface area (Å²) in [5.41, 5.74) is 2.77. The number of methoxy groups -OCH3 is 1. The van der Waals surface area contributed by atoms with Crippen LogP contribution in [0.1, 0.15) is 28.4 Å². The molecule has 0 aliphatic rings. The highest BCUT2D eigenvalue weighted by molar-refractivity contribution is 5.89. The molecule has 6 heteroatoms. The number of nitrogens with zero attached hydrogens (tertiary/aromatic N) is 3. The largest absolute Gasteiger partial charge is 0.473 e. The molecular formula is C19H19N3O3. The monoisotopic (exact) mass is 337 g/mol. The number of carbonyl (C=O) groups is 1. The first-order chi connectivity index (χ1) is 12.2. The molecule has 0 atom stereocenters. The predicted octanol–water partition coefficient (Wildman–Crippen LogP) is 3.20. The summed E-state index contributed by atoms with van der Waals surface area (Å²) < 4.78 is 12.1. The zero-order valence-corrected chi connectivity index (χ0v) is 14.2. The number of carbonyl (C=O) groups excluding carboxylic acids is 1. The van der Waals surface area contributed by atoms with Gasteiger partial charge in [0, 0.05) is 12.3 Å². The van der Waals surface area contributed by atoms with E-state index in [1.807, 2.05) is 0 Å². The van der Waals surface area contributed by atoms with Crippen molar-refractivity contribution in [2.75, 3.05) is 7.11 Å². The van der Waals surface area contributed by atoms with Gasteiger partial charge in [0.2, 0.25) is 5.88 Å². The smallest absolute Gasteiger partial charge is 0.338 e. The van der Waals surface area contributed by atoms with E-state index in [1.165, 1.54) is 18.9 Å². The van der Waals surface area contributed by atoms with Gasteiger partial charge < -0.3 is 9.47 Å². The third-order valence-electron chi connectivity index (χ3n) is 3.81. The molecule has 0 amide bonds. The summed E-state index contributed by atoms with van der Waals surface area (Å²) in [7, 11) is 1.34. The Labute approximate surface area is 146 Å². The molecule has 0 radical (unpaired) electrons. The zero-order chi connectivity index (χ0) is 17.6. The molecule has 0 unspecified atom stereocenters. The van der Waals surface area contributed by atoms with Crippen molar-refractivity contribution in [2.24, 2.45) is 0 Å². The van der Waals surface area contributed by atoms with Gasteiger partial charge in [-0.25, -0.2) is 9.78 Å². The molecule has 128 valence electrons. The lowest BCUT2D eigenvalue weighted by Crippen LogP contribution is -2.07. The van der Waals surface area contributed by atoms with E-state index in [0.717, 1.165) is 12.0 Å². The van der Waals surface area contributed by atoms with E-state index in [-0.39, 0.29) is 0 Å². The van der Waals surface area contributed by atoms with E-state index in [2.05, 4.69) is 41.3 Å². The number of esters is 1. The normalized spacial score (nSPS) is 10.5. The summed E-state index contributed by atoms with van der Waals surface area (Å²) in [5, 5.41) is 4.23. The number of hydrogen-bond acceptors (Lipinski definition) is 5. The lowest BCUT2D eigenvalue weighted by molar-refractivity contribution is 0.0600. The van der Waals surface area contributed by atoms with E-state index < -0.39 is 5.97 Å². The van der Waals surface area contributed by atoms with Gasteiger partial charge >= 0.3 is 5.97 Å². The van der Waals surface area contributed by atoms with Gasteiger partial charge in [-0.2, -0.15) is 9.78 Å². The Hall–Kier alpha value is -3.15. The van der Waals surface area contributed by atoms with Crippen LogP contribution in [0.5, 0.6) is 5.88 Å². The molecule has 0 aliphatic carbocycles. The number of aryl methyl sites for hydroxylation is 1. The Bertz CT molecular complexity index is 856. The van der Waals surface area contributed by atoms with Crippen molar-refractivity contribution in [1.82, 2.24) is 14.8 Å². The van der Waals surface area contributed by atoms with Gasteiger partial charge in [-0.15, -0.1) is 0 Å². The minimum Gasteiger partial charge on any atom is -0.473 e. The van der Waals surface area contributed by atoms with Crippen LogP contribution in [0.4, 0.5) is 0 Å². The van der Waals surface area contributed by atoms with Crippen molar-refractivity contribution in [3.8, 4) is 11.7 Å². The number of rotatable bonds is 6. The van der Waals surface area contributed by atoms with Crippen LogP contribution in [0.3, 0.4) is 0 Å². The second-order valence-electron chi connectivity index (χ2n) is 5.43. The average Bonchev–Trinajstić information content (AvgIpc) is 3.15. The van der Waals surface area contributed by atoms with Gasteiger partial charge in [0.05, 0.1) is 18.9 Å². The summed E-state index contributed by atoms with van der Waals surface area (Å²) in [6, 6.07) is 13.3. The highest BCUT2D eigenvalue weighted by atomic mass is 16.5. The number of pyridine rings is 1. The van der Waals surface area contributed by atoms with Crippen LogP contribution in [-0.4, -0.2) is 27.8 Å². The summed E-state index contributed by atoms with van der Waals surface area (Å²) in [6.45, 7) is 2.55. The first-order valence-corrected chi connectivity index (χ1v) is 8.00. The SMILES string of the molecule is CCc1ccc(COc2ccnn2-c2cc(C(=O)OC)ccn2)cc1. The molecule has 0 bridgehead atoms. The highest BCUT2D eigenvalue weighted by Crippen LogP contribution is 2.18. The average molecular weight is 337 g/mol. The summed E-state index contributed by atoms with van der Waals surface area (Å²) in [4.78, 5) is 15.9. The Morgan fingerprint density at radius 3 is 2.56 bits per heavy atom. The van der Waals surface area contributed by atoms with E-state index in [4.69, 9.17) is 9.47 Å². The van der Waals surface area contributed by atoms with Crippen LogP contribution in [0.2, 0.25) is 0 Å². The maximum absolute atomic E-state index is 11.7. The zero-order valence-electron chi connectivity index (χ0n) is 14.2. The molecule has 25 heavy (non-hydrogen) atoms. The van der Waals surface area contributed by atoms with Gasteiger partial charge in [-0.3, -0.25) is 0 Å².